The highest BCUT2D eigenvalue weighted by Gasteiger charge is 2.35. The maximum absolute atomic E-state index is 3.81. The fraction of sp³-hybridized carbons (Fsp3) is 0.765. The quantitative estimate of drug-likeness (QED) is 0.746. The van der Waals surface area contributed by atoms with Gasteiger partial charge in [-0.3, -0.25) is 4.90 Å². The summed E-state index contributed by atoms with van der Waals surface area (Å²) in [4.78, 5) is 4.17. The lowest BCUT2D eigenvalue weighted by molar-refractivity contribution is 0.0613. The molecule has 0 saturated carbocycles. The minimum atomic E-state index is 0.214. The van der Waals surface area contributed by atoms with E-state index >= 15 is 0 Å². The molecule has 2 nitrogen and oxygen atoms in total. The highest BCUT2D eigenvalue weighted by Crippen LogP contribution is 2.29. The van der Waals surface area contributed by atoms with Crippen LogP contribution in [0.3, 0.4) is 0 Å². The summed E-state index contributed by atoms with van der Waals surface area (Å²) in [6.45, 7) is 10.7. The monoisotopic (exact) mass is 372 g/mol. The average Bonchev–Trinajstić information content (AvgIpc) is 2.89. The van der Waals surface area contributed by atoms with Crippen LogP contribution >= 0.6 is 27.3 Å². The molecular weight excluding hydrogens is 344 g/mol. The van der Waals surface area contributed by atoms with Gasteiger partial charge >= 0.3 is 0 Å². The first-order chi connectivity index (χ1) is 10.0. The van der Waals surface area contributed by atoms with E-state index in [0.29, 0.717) is 6.04 Å². The molecular formula is C17H29BrN2S. The molecule has 0 spiro atoms. The third-order valence-corrected chi connectivity index (χ3v) is 6.34. The summed E-state index contributed by atoms with van der Waals surface area (Å²) in [5.74, 6) is 0. The Bertz CT molecular complexity index is 424. The summed E-state index contributed by atoms with van der Waals surface area (Å²) in [5.41, 5.74) is 0.214. The van der Waals surface area contributed by atoms with E-state index in [9.17, 15) is 0 Å². The smallest absolute Gasteiger partial charge is 0.0701 e. The number of rotatable bonds is 7. The van der Waals surface area contributed by atoms with E-state index in [1.54, 1.807) is 0 Å². The van der Waals surface area contributed by atoms with Crippen molar-refractivity contribution in [3.8, 4) is 0 Å². The number of halogens is 1. The molecule has 120 valence electrons. The lowest BCUT2D eigenvalue weighted by atomic mass is 9.87. The second-order valence-electron chi connectivity index (χ2n) is 6.62. The van der Waals surface area contributed by atoms with Gasteiger partial charge in [0, 0.05) is 16.5 Å². The Morgan fingerprint density at radius 2 is 2.00 bits per heavy atom. The van der Waals surface area contributed by atoms with Crippen molar-refractivity contribution in [1.29, 1.82) is 0 Å². The fourth-order valence-electron chi connectivity index (χ4n) is 3.24. The summed E-state index contributed by atoms with van der Waals surface area (Å²) in [6.07, 6.45) is 6.43. The first-order valence-corrected chi connectivity index (χ1v) is 9.87. The molecule has 0 aliphatic carbocycles. The van der Waals surface area contributed by atoms with Gasteiger partial charge in [0.1, 0.15) is 0 Å². The van der Waals surface area contributed by atoms with Crippen LogP contribution in [-0.2, 0) is 6.42 Å². The van der Waals surface area contributed by atoms with Crippen molar-refractivity contribution in [2.24, 2.45) is 0 Å². The molecule has 2 heterocycles. The van der Waals surface area contributed by atoms with Crippen LogP contribution in [0.5, 0.6) is 0 Å². The number of thiophene rings is 1. The van der Waals surface area contributed by atoms with Gasteiger partial charge in [-0.05, 0) is 87.2 Å². The topological polar surface area (TPSA) is 15.3 Å². The van der Waals surface area contributed by atoms with Crippen LogP contribution in [-0.4, -0.2) is 36.1 Å². The third-order valence-electron chi connectivity index (χ3n) is 4.70. The molecule has 1 saturated heterocycles. The summed E-state index contributed by atoms with van der Waals surface area (Å²) < 4.78 is 1.24. The van der Waals surface area contributed by atoms with E-state index in [1.807, 2.05) is 11.3 Å². The van der Waals surface area contributed by atoms with Crippen LogP contribution < -0.4 is 5.32 Å². The van der Waals surface area contributed by atoms with Crippen LogP contribution in [0.15, 0.2) is 15.9 Å². The summed E-state index contributed by atoms with van der Waals surface area (Å²) in [7, 11) is 0. The van der Waals surface area contributed by atoms with Crippen molar-refractivity contribution in [3.63, 3.8) is 0 Å². The molecule has 1 aliphatic heterocycles. The highest BCUT2D eigenvalue weighted by atomic mass is 79.9. The van der Waals surface area contributed by atoms with E-state index in [-0.39, 0.29) is 5.54 Å². The van der Waals surface area contributed by atoms with Gasteiger partial charge < -0.3 is 5.32 Å². The SMILES string of the molecule is CCCNC(Cc1ccc(Br)s1)C(C)(C)N1CCCCC1. The number of hydrogen-bond donors (Lipinski definition) is 1. The minimum absolute atomic E-state index is 0.214. The predicted octanol–water partition coefficient (Wildman–Crippen LogP) is 4.69. The maximum atomic E-state index is 3.81. The molecule has 1 aromatic rings. The Hall–Kier alpha value is 0.1000. The van der Waals surface area contributed by atoms with E-state index in [2.05, 4.69) is 59.1 Å². The lowest BCUT2D eigenvalue weighted by Gasteiger charge is -2.46. The molecule has 2 rings (SSSR count). The third kappa shape index (κ3) is 4.78. The van der Waals surface area contributed by atoms with Gasteiger partial charge in [0.05, 0.1) is 3.79 Å². The Morgan fingerprint density at radius 3 is 2.57 bits per heavy atom. The highest BCUT2D eigenvalue weighted by molar-refractivity contribution is 9.11. The number of nitrogens with one attached hydrogen (secondary N) is 1. The standard InChI is InChI=1S/C17H29BrN2S/c1-4-10-19-15(13-14-8-9-16(18)21-14)17(2,3)20-11-6-5-7-12-20/h8-9,15,19H,4-7,10-13H2,1-3H3. The van der Waals surface area contributed by atoms with E-state index < -0.39 is 0 Å². The fourth-order valence-corrected chi connectivity index (χ4v) is 4.77. The van der Waals surface area contributed by atoms with E-state index in [0.717, 1.165) is 13.0 Å². The normalized spacial score (nSPS) is 18.9. The van der Waals surface area contributed by atoms with Gasteiger partial charge in [0.25, 0.3) is 0 Å². The molecule has 0 bridgehead atoms. The number of likely N-dealkylation sites (tertiary alicyclic amines) is 1. The summed E-state index contributed by atoms with van der Waals surface area (Å²) in [5, 5.41) is 3.81. The molecule has 1 aromatic heterocycles. The second-order valence-corrected chi connectivity index (χ2v) is 9.17. The first-order valence-electron chi connectivity index (χ1n) is 8.26. The van der Waals surface area contributed by atoms with Crippen LogP contribution in [0.25, 0.3) is 0 Å². The molecule has 0 amide bonds. The van der Waals surface area contributed by atoms with Gasteiger partial charge in [0.15, 0.2) is 0 Å². The van der Waals surface area contributed by atoms with Gasteiger partial charge in [-0.25, -0.2) is 0 Å². The second kappa shape index (κ2) is 8.09. The molecule has 4 heteroatoms. The Morgan fingerprint density at radius 1 is 1.29 bits per heavy atom. The van der Waals surface area contributed by atoms with Crippen molar-refractivity contribution < 1.29 is 0 Å². The largest absolute Gasteiger partial charge is 0.312 e. The van der Waals surface area contributed by atoms with Crippen LogP contribution in [0.1, 0.15) is 51.3 Å². The average molecular weight is 373 g/mol. The zero-order valence-electron chi connectivity index (χ0n) is 13.6. The number of hydrogen-bond acceptors (Lipinski definition) is 3. The molecule has 21 heavy (non-hydrogen) atoms. The van der Waals surface area contributed by atoms with Gasteiger partial charge in [-0.1, -0.05) is 13.3 Å². The van der Waals surface area contributed by atoms with Gasteiger partial charge in [-0.15, -0.1) is 11.3 Å². The Balaban J connectivity index is 2.08. The van der Waals surface area contributed by atoms with Crippen LogP contribution in [0.2, 0.25) is 0 Å². The van der Waals surface area contributed by atoms with Crippen molar-refractivity contribution in [3.05, 3.63) is 20.8 Å². The van der Waals surface area contributed by atoms with Crippen molar-refractivity contribution >= 4 is 27.3 Å². The predicted molar refractivity (Wildman–Crippen MR) is 97.3 cm³/mol. The maximum Gasteiger partial charge on any atom is 0.0701 e. The van der Waals surface area contributed by atoms with Crippen LogP contribution in [0.4, 0.5) is 0 Å². The Kier molecular flexibility index (Phi) is 6.73. The molecule has 1 fully saturated rings. The summed E-state index contributed by atoms with van der Waals surface area (Å²) >= 11 is 5.46. The van der Waals surface area contributed by atoms with Gasteiger partial charge in [-0.2, -0.15) is 0 Å². The molecule has 1 aliphatic rings. The van der Waals surface area contributed by atoms with E-state index in [1.165, 1.54) is 47.4 Å². The molecule has 0 aromatic carbocycles. The molecule has 0 radical (unpaired) electrons. The summed E-state index contributed by atoms with van der Waals surface area (Å²) in [6, 6.07) is 4.95. The van der Waals surface area contributed by atoms with Crippen LogP contribution in [0, 0.1) is 0 Å². The first kappa shape index (κ1) is 17.5. The number of piperidine rings is 1. The zero-order valence-corrected chi connectivity index (χ0v) is 16.0. The van der Waals surface area contributed by atoms with Crippen molar-refractivity contribution in [2.45, 2.75) is 64.5 Å². The van der Waals surface area contributed by atoms with Gasteiger partial charge in [0.2, 0.25) is 0 Å². The zero-order chi connectivity index (χ0) is 15.3. The lowest BCUT2D eigenvalue weighted by Crippen LogP contribution is -2.59. The van der Waals surface area contributed by atoms with Crippen molar-refractivity contribution in [1.82, 2.24) is 10.2 Å². The molecule has 1 atom stereocenters. The molecule has 1 unspecified atom stereocenters. The number of nitrogens with zero attached hydrogens (tertiary/aromatic N) is 1. The van der Waals surface area contributed by atoms with E-state index in [4.69, 9.17) is 0 Å². The minimum Gasteiger partial charge on any atom is -0.312 e. The van der Waals surface area contributed by atoms with Crippen molar-refractivity contribution in [2.75, 3.05) is 19.6 Å². The Labute approximate surface area is 142 Å². The molecule has 1 N–H and O–H groups in total.